The summed E-state index contributed by atoms with van der Waals surface area (Å²) < 4.78 is 0. The number of aromatic hydroxyl groups is 1. The highest BCUT2D eigenvalue weighted by atomic mass is 16.3. The van der Waals surface area contributed by atoms with Crippen LogP contribution in [-0.4, -0.2) is 23.9 Å². The van der Waals surface area contributed by atoms with Crippen molar-refractivity contribution in [3.05, 3.63) is 53.1 Å². The molecule has 3 rings (SSSR count). The number of aliphatic imine (C=N–C) groups is 1. The van der Waals surface area contributed by atoms with Gasteiger partial charge in [-0.25, -0.2) is 0 Å². The van der Waals surface area contributed by atoms with E-state index < -0.39 is 0 Å². The van der Waals surface area contributed by atoms with Gasteiger partial charge < -0.3 is 10.0 Å². The van der Waals surface area contributed by atoms with E-state index in [4.69, 9.17) is 0 Å². The second kappa shape index (κ2) is 5.97. The fraction of sp³-hybridized carbons (Fsp3) is 0.381. The summed E-state index contributed by atoms with van der Waals surface area (Å²) >= 11 is 0. The van der Waals surface area contributed by atoms with Gasteiger partial charge >= 0.3 is 0 Å². The van der Waals surface area contributed by atoms with Gasteiger partial charge in [-0.3, -0.25) is 4.99 Å². The Morgan fingerprint density at radius 2 is 1.88 bits per heavy atom. The molecule has 0 radical (unpaired) electrons. The predicted molar refractivity (Wildman–Crippen MR) is 102 cm³/mol. The Morgan fingerprint density at radius 3 is 2.54 bits per heavy atom. The monoisotopic (exact) mass is 322 g/mol. The van der Waals surface area contributed by atoms with Gasteiger partial charge in [-0.15, -0.1) is 0 Å². The van der Waals surface area contributed by atoms with Gasteiger partial charge in [0, 0.05) is 24.5 Å². The number of anilines is 1. The summed E-state index contributed by atoms with van der Waals surface area (Å²) in [5.74, 6) is 0.797. The fourth-order valence-electron chi connectivity index (χ4n) is 3.56. The lowest BCUT2D eigenvalue weighted by Crippen LogP contribution is -2.45. The van der Waals surface area contributed by atoms with Crippen LogP contribution < -0.4 is 4.90 Å². The molecule has 0 bridgehead atoms. The normalized spacial score (nSPS) is 19.5. The molecule has 0 saturated heterocycles. The van der Waals surface area contributed by atoms with Gasteiger partial charge in [-0.1, -0.05) is 6.92 Å². The number of rotatable bonds is 2. The molecule has 3 nitrogen and oxygen atoms in total. The molecular formula is C21H26N2O. The zero-order valence-electron chi connectivity index (χ0n) is 15.2. The Kier molecular flexibility index (Phi) is 4.12. The first-order valence-electron chi connectivity index (χ1n) is 8.49. The third-order valence-electron chi connectivity index (χ3n) is 5.22. The van der Waals surface area contributed by atoms with Crippen molar-refractivity contribution in [2.24, 2.45) is 4.99 Å². The van der Waals surface area contributed by atoms with Crippen LogP contribution in [-0.2, 0) is 0 Å². The van der Waals surface area contributed by atoms with E-state index in [0.29, 0.717) is 5.92 Å². The number of aryl methyl sites for hydroxylation is 1. The second-order valence-corrected chi connectivity index (χ2v) is 7.52. The topological polar surface area (TPSA) is 35.8 Å². The van der Waals surface area contributed by atoms with E-state index in [0.717, 1.165) is 17.7 Å². The summed E-state index contributed by atoms with van der Waals surface area (Å²) in [6.07, 6.45) is 3.07. The van der Waals surface area contributed by atoms with Crippen LogP contribution in [0.2, 0.25) is 0 Å². The molecule has 0 fully saturated rings. The van der Waals surface area contributed by atoms with E-state index in [9.17, 15) is 5.11 Å². The molecular weight excluding hydrogens is 296 g/mol. The van der Waals surface area contributed by atoms with Gasteiger partial charge in [0.2, 0.25) is 0 Å². The van der Waals surface area contributed by atoms with Gasteiger partial charge in [0.25, 0.3) is 0 Å². The largest absolute Gasteiger partial charge is 0.508 e. The second-order valence-electron chi connectivity index (χ2n) is 7.52. The molecule has 2 aromatic carbocycles. The summed E-state index contributed by atoms with van der Waals surface area (Å²) in [7, 11) is 2.19. The molecule has 0 saturated carbocycles. The molecule has 1 N–H and O–H groups in total. The Hall–Kier alpha value is -2.29. The number of hydrogen-bond donors (Lipinski definition) is 1. The lowest BCUT2D eigenvalue weighted by atomic mass is 9.79. The molecule has 0 amide bonds. The minimum Gasteiger partial charge on any atom is -0.508 e. The number of hydrogen-bond acceptors (Lipinski definition) is 3. The van der Waals surface area contributed by atoms with Crippen molar-refractivity contribution in [1.82, 2.24) is 0 Å². The summed E-state index contributed by atoms with van der Waals surface area (Å²) in [6.45, 7) is 9.06. The van der Waals surface area contributed by atoms with E-state index in [1.165, 1.54) is 16.8 Å². The number of phenols is 1. The molecule has 1 aliphatic heterocycles. The molecule has 0 spiro atoms. The minimum absolute atomic E-state index is 0.181. The molecule has 1 unspecified atom stereocenters. The van der Waals surface area contributed by atoms with Gasteiger partial charge in [0.05, 0.1) is 5.69 Å². The van der Waals surface area contributed by atoms with Crippen LogP contribution in [0.15, 0.2) is 41.4 Å². The van der Waals surface area contributed by atoms with Crippen molar-refractivity contribution in [2.75, 3.05) is 11.9 Å². The zero-order chi connectivity index (χ0) is 17.5. The third-order valence-corrected chi connectivity index (χ3v) is 5.22. The van der Waals surface area contributed by atoms with Crippen LogP contribution in [0.5, 0.6) is 5.75 Å². The third kappa shape index (κ3) is 3.03. The summed E-state index contributed by atoms with van der Waals surface area (Å²) in [5.41, 5.74) is 6.14. The average molecular weight is 322 g/mol. The maximum atomic E-state index is 9.36. The molecule has 3 heteroatoms. The van der Waals surface area contributed by atoms with Crippen molar-refractivity contribution < 1.29 is 5.11 Å². The quantitative estimate of drug-likeness (QED) is 0.774. The Bertz CT molecular complexity index is 775. The Morgan fingerprint density at radius 1 is 1.21 bits per heavy atom. The zero-order valence-corrected chi connectivity index (χ0v) is 15.2. The highest BCUT2D eigenvalue weighted by molar-refractivity contribution is 5.86. The molecule has 1 heterocycles. The van der Waals surface area contributed by atoms with Crippen molar-refractivity contribution >= 4 is 17.6 Å². The van der Waals surface area contributed by atoms with Crippen molar-refractivity contribution in [2.45, 2.75) is 45.6 Å². The maximum Gasteiger partial charge on any atom is 0.115 e. The van der Waals surface area contributed by atoms with E-state index >= 15 is 0 Å². The van der Waals surface area contributed by atoms with Gasteiger partial charge in [0.1, 0.15) is 5.75 Å². The van der Waals surface area contributed by atoms with E-state index in [2.05, 4.69) is 56.8 Å². The molecule has 24 heavy (non-hydrogen) atoms. The van der Waals surface area contributed by atoms with Gasteiger partial charge in [-0.2, -0.15) is 0 Å². The van der Waals surface area contributed by atoms with E-state index in [1.807, 2.05) is 18.3 Å². The summed E-state index contributed by atoms with van der Waals surface area (Å²) in [6, 6.07) is 11.5. The first-order chi connectivity index (χ1) is 11.3. The summed E-state index contributed by atoms with van der Waals surface area (Å²) in [4.78, 5) is 6.95. The fourth-order valence-corrected chi connectivity index (χ4v) is 3.56. The van der Waals surface area contributed by atoms with E-state index in [1.54, 1.807) is 12.1 Å². The molecule has 1 aliphatic rings. The van der Waals surface area contributed by atoms with Crippen LogP contribution in [0.1, 0.15) is 49.8 Å². The molecule has 0 aromatic heterocycles. The van der Waals surface area contributed by atoms with Crippen LogP contribution >= 0.6 is 0 Å². The van der Waals surface area contributed by atoms with Gasteiger partial charge in [0.15, 0.2) is 0 Å². The van der Waals surface area contributed by atoms with Crippen molar-refractivity contribution in [3.63, 3.8) is 0 Å². The lowest BCUT2D eigenvalue weighted by Gasteiger charge is -2.45. The first kappa shape index (κ1) is 16.6. The Balaban J connectivity index is 1.97. The maximum absolute atomic E-state index is 9.36. The molecule has 0 aliphatic carbocycles. The lowest BCUT2D eigenvalue weighted by molar-refractivity contribution is 0.395. The molecule has 1 atom stereocenters. The minimum atomic E-state index is 0.181. The Labute approximate surface area is 144 Å². The number of phenolic OH excluding ortho intramolecular Hbond substituents is 1. The van der Waals surface area contributed by atoms with Crippen LogP contribution in [0.25, 0.3) is 0 Å². The smallest absolute Gasteiger partial charge is 0.115 e. The first-order valence-corrected chi connectivity index (χ1v) is 8.49. The number of fused-ring (bicyclic) bond motifs is 1. The predicted octanol–water partition coefficient (Wildman–Crippen LogP) is 5.17. The molecule has 126 valence electrons. The summed E-state index contributed by atoms with van der Waals surface area (Å²) in [5, 5.41) is 9.36. The standard InChI is InChI=1S/C21H26N2O/c1-14-10-20-19(15(2)12-21(3,4)23(20)5)11-16(14)13-22-17-6-8-18(24)9-7-17/h6-11,13,15,24H,12H2,1-5H3. The highest BCUT2D eigenvalue weighted by Gasteiger charge is 2.34. The number of nitrogens with zero attached hydrogens (tertiary/aromatic N) is 2. The van der Waals surface area contributed by atoms with Crippen LogP contribution in [0.4, 0.5) is 11.4 Å². The average Bonchev–Trinajstić information content (AvgIpc) is 2.52. The van der Waals surface area contributed by atoms with E-state index in [-0.39, 0.29) is 11.3 Å². The van der Waals surface area contributed by atoms with Crippen molar-refractivity contribution in [1.29, 1.82) is 0 Å². The van der Waals surface area contributed by atoms with Crippen molar-refractivity contribution in [3.8, 4) is 5.75 Å². The SMILES string of the molecule is Cc1cc2c(cc1C=Nc1ccc(O)cc1)C(C)CC(C)(C)N2C. The van der Waals surface area contributed by atoms with Crippen LogP contribution in [0, 0.1) is 6.92 Å². The number of benzene rings is 2. The molecule has 2 aromatic rings. The van der Waals surface area contributed by atoms with Gasteiger partial charge in [-0.05, 0) is 86.2 Å². The van der Waals surface area contributed by atoms with Crippen LogP contribution in [0.3, 0.4) is 0 Å². The highest BCUT2D eigenvalue weighted by Crippen LogP contribution is 2.43.